The van der Waals surface area contributed by atoms with Gasteiger partial charge in [-0.05, 0) is 18.2 Å². The van der Waals surface area contributed by atoms with E-state index in [2.05, 4.69) is 32.2 Å². The third kappa shape index (κ3) is 1.50. The fourth-order valence-corrected chi connectivity index (χ4v) is 2.23. The van der Waals surface area contributed by atoms with Gasteiger partial charge in [0, 0.05) is 10.0 Å². The lowest BCUT2D eigenvalue weighted by molar-refractivity contribution is 1.23. The van der Waals surface area contributed by atoms with Gasteiger partial charge in [0.15, 0.2) is 0 Å². The Morgan fingerprint density at radius 2 is 1.89 bits per heavy atom. The zero-order valence-corrected chi connectivity index (χ0v) is 10.8. The van der Waals surface area contributed by atoms with Gasteiger partial charge < -0.3 is 5.73 Å². The number of halogens is 1. The topological polar surface area (TPSA) is 74.5 Å². The lowest BCUT2D eigenvalue weighted by Crippen LogP contribution is -1.95. The van der Waals surface area contributed by atoms with Crippen LogP contribution >= 0.6 is 15.9 Å². The van der Waals surface area contributed by atoms with Gasteiger partial charge in [0.2, 0.25) is 0 Å². The van der Waals surface area contributed by atoms with Crippen LogP contribution < -0.4 is 5.73 Å². The number of nitrogens with zero attached hydrogens (tertiary/aromatic N) is 3. The van der Waals surface area contributed by atoms with E-state index in [0.29, 0.717) is 22.7 Å². The normalized spacial score (nSPS) is 17.0. The van der Waals surface area contributed by atoms with Crippen molar-refractivity contribution in [2.45, 2.75) is 0 Å². The summed E-state index contributed by atoms with van der Waals surface area (Å²) in [6.45, 7) is 0. The highest BCUT2D eigenvalue weighted by Crippen LogP contribution is 2.41. The van der Waals surface area contributed by atoms with Gasteiger partial charge in [0.1, 0.15) is 11.8 Å². The molecule has 0 unspecified atom stereocenters. The van der Waals surface area contributed by atoms with Gasteiger partial charge in [-0.1, -0.05) is 28.1 Å². The van der Waals surface area contributed by atoms with Crippen molar-refractivity contribution in [2.75, 3.05) is 0 Å². The fraction of sp³-hybridized carbons (Fsp3) is 0. The van der Waals surface area contributed by atoms with Crippen LogP contribution in [-0.2, 0) is 0 Å². The molecule has 5 heteroatoms. The number of nitriles is 1. The largest absolute Gasteiger partial charge is 0.398 e. The summed E-state index contributed by atoms with van der Waals surface area (Å²) in [5.74, 6) is 0. The standard InChI is InChI=1S/C13H7BrN4/c14-8-3-1-7(2-4-8)13-12-9(6-15)10(16)5-11(12)17-18-13/h1-5H,16H2. The summed E-state index contributed by atoms with van der Waals surface area (Å²) >= 11 is 3.38. The van der Waals surface area contributed by atoms with Crippen LogP contribution in [0.1, 0.15) is 5.56 Å². The minimum Gasteiger partial charge on any atom is -0.398 e. The molecule has 0 amide bonds. The summed E-state index contributed by atoms with van der Waals surface area (Å²) in [5, 5.41) is 17.3. The molecule has 1 aliphatic heterocycles. The van der Waals surface area contributed by atoms with Crippen LogP contribution in [0.3, 0.4) is 0 Å². The molecule has 4 nitrogen and oxygen atoms in total. The van der Waals surface area contributed by atoms with Crippen LogP contribution in [0.2, 0.25) is 0 Å². The van der Waals surface area contributed by atoms with Crippen molar-refractivity contribution in [3.63, 3.8) is 0 Å². The van der Waals surface area contributed by atoms with E-state index < -0.39 is 0 Å². The van der Waals surface area contributed by atoms with Gasteiger partial charge in [-0.2, -0.15) is 5.26 Å². The quantitative estimate of drug-likeness (QED) is 0.864. The first-order valence-corrected chi connectivity index (χ1v) is 6.04. The summed E-state index contributed by atoms with van der Waals surface area (Å²) in [4.78, 5) is 0. The summed E-state index contributed by atoms with van der Waals surface area (Å²) in [7, 11) is 0. The molecule has 1 aliphatic carbocycles. The predicted molar refractivity (Wildman–Crippen MR) is 70.8 cm³/mol. The average Bonchev–Trinajstić information content (AvgIpc) is 2.88. The Labute approximate surface area is 112 Å². The number of rotatable bonds is 1. The minimum absolute atomic E-state index is 0.452. The molecule has 1 heterocycles. The molecule has 0 bridgehead atoms. The van der Waals surface area contributed by atoms with Gasteiger partial charge >= 0.3 is 0 Å². The van der Waals surface area contributed by atoms with Gasteiger partial charge in [-0.15, -0.1) is 10.2 Å². The molecular weight excluding hydrogens is 292 g/mol. The van der Waals surface area contributed by atoms with Crippen molar-refractivity contribution < 1.29 is 0 Å². The fourth-order valence-electron chi connectivity index (χ4n) is 1.97. The van der Waals surface area contributed by atoms with E-state index >= 15 is 0 Å². The third-order valence-electron chi connectivity index (χ3n) is 2.81. The minimum atomic E-state index is 0.452. The van der Waals surface area contributed by atoms with Crippen molar-refractivity contribution >= 4 is 21.6 Å². The average molecular weight is 299 g/mol. The zero-order valence-electron chi connectivity index (χ0n) is 9.18. The first-order chi connectivity index (χ1) is 8.70. The van der Waals surface area contributed by atoms with Gasteiger partial charge in [0.25, 0.3) is 0 Å². The van der Waals surface area contributed by atoms with E-state index in [0.717, 1.165) is 15.6 Å². The molecule has 0 spiro atoms. The molecule has 0 radical (unpaired) electrons. The first kappa shape index (κ1) is 10.9. The Morgan fingerprint density at radius 1 is 1.17 bits per heavy atom. The smallest absolute Gasteiger partial charge is 0.104 e. The number of allylic oxidation sites excluding steroid dienone is 2. The second-order valence-electron chi connectivity index (χ2n) is 3.90. The molecule has 0 aromatic heterocycles. The van der Waals surface area contributed by atoms with Crippen LogP contribution in [0.4, 0.5) is 0 Å². The molecule has 0 atom stereocenters. The van der Waals surface area contributed by atoms with Crippen LogP contribution in [0, 0.1) is 11.3 Å². The molecule has 0 fully saturated rings. The van der Waals surface area contributed by atoms with Gasteiger partial charge in [0.05, 0.1) is 22.5 Å². The SMILES string of the molecule is N#CC1=C(N)C=C2N=NC(c3ccc(Br)cc3)=C21. The van der Waals surface area contributed by atoms with E-state index in [1.165, 1.54) is 0 Å². The van der Waals surface area contributed by atoms with Crippen molar-refractivity contribution in [3.8, 4) is 6.07 Å². The second-order valence-corrected chi connectivity index (χ2v) is 4.82. The highest BCUT2D eigenvalue weighted by atomic mass is 79.9. The van der Waals surface area contributed by atoms with Crippen molar-refractivity contribution in [1.29, 1.82) is 5.26 Å². The number of benzene rings is 1. The predicted octanol–water partition coefficient (Wildman–Crippen LogP) is 3.26. The van der Waals surface area contributed by atoms with E-state index in [4.69, 9.17) is 11.0 Å². The highest BCUT2D eigenvalue weighted by molar-refractivity contribution is 9.10. The van der Waals surface area contributed by atoms with Crippen molar-refractivity contribution in [1.82, 2.24) is 0 Å². The van der Waals surface area contributed by atoms with E-state index in [1.807, 2.05) is 24.3 Å². The third-order valence-corrected chi connectivity index (χ3v) is 3.34. The van der Waals surface area contributed by atoms with Gasteiger partial charge in [-0.25, -0.2) is 0 Å². The molecule has 86 valence electrons. The molecule has 1 aromatic carbocycles. The molecule has 0 saturated carbocycles. The highest BCUT2D eigenvalue weighted by Gasteiger charge is 2.29. The maximum atomic E-state index is 9.15. The number of fused-ring (bicyclic) bond motifs is 1. The zero-order chi connectivity index (χ0) is 12.7. The molecule has 18 heavy (non-hydrogen) atoms. The Balaban J connectivity index is 2.19. The van der Waals surface area contributed by atoms with Crippen LogP contribution in [-0.4, -0.2) is 0 Å². The Hall–Kier alpha value is -2.19. The Morgan fingerprint density at radius 3 is 2.56 bits per heavy atom. The summed E-state index contributed by atoms with van der Waals surface area (Å²) in [6.07, 6.45) is 1.68. The lowest BCUT2D eigenvalue weighted by Gasteiger charge is -2.02. The first-order valence-electron chi connectivity index (χ1n) is 5.25. The Bertz CT molecular complexity index is 700. The summed E-state index contributed by atoms with van der Waals surface area (Å²) < 4.78 is 0.990. The molecule has 3 rings (SSSR count). The van der Waals surface area contributed by atoms with E-state index in [-0.39, 0.29) is 0 Å². The second kappa shape index (κ2) is 3.93. The summed E-state index contributed by atoms with van der Waals surface area (Å²) in [6, 6.07) is 9.82. The van der Waals surface area contributed by atoms with E-state index in [9.17, 15) is 0 Å². The number of hydrogen-bond donors (Lipinski definition) is 1. The maximum Gasteiger partial charge on any atom is 0.104 e. The van der Waals surface area contributed by atoms with Gasteiger partial charge in [-0.3, -0.25) is 0 Å². The number of nitrogens with two attached hydrogens (primary N) is 1. The van der Waals surface area contributed by atoms with Crippen LogP contribution in [0.25, 0.3) is 5.70 Å². The lowest BCUT2D eigenvalue weighted by atomic mass is 10.0. The molecule has 1 aromatic rings. The van der Waals surface area contributed by atoms with Crippen molar-refractivity contribution in [3.05, 3.63) is 62.9 Å². The van der Waals surface area contributed by atoms with Crippen LogP contribution in [0.15, 0.2) is 67.6 Å². The number of hydrogen-bond acceptors (Lipinski definition) is 4. The van der Waals surface area contributed by atoms with Crippen molar-refractivity contribution in [2.24, 2.45) is 16.0 Å². The molecule has 2 aliphatic rings. The maximum absolute atomic E-state index is 9.15. The van der Waals surface area contributed by atoms with E-state index in [1.54, 1.807) is 6.08 Å². The monoisotopic (exact) mass is 298 g/mol. The molecule has 0 saturated heterocycles. The van der Waals surface area contributed by atoms with Crippen LogP contribution in [0.5, 0.6) is 0 Å². The molecular formula is C13H7BrN4. The molecule has 2 N–H and O–H groups in total. The Kier molecular flexibility index (Phi) is 2.39. The summed E-state index contributed by atoms with van der Waals surface area (Å²) in [5.41, 5.74) is 9.71. The number of azo groups is 1.